The highest BCUT2D eigenvalue weighted by atomic mass is 19.1. The van der Waals surface area contributed by atoms with Crippen LogP contribution in [0.5, 0.6) is 0 Å². The first-order chi connectivity index (χ1) is 8.51. The van der Waals surface area contributed by atoms with Crippen LogP contribution in [0, 0.1) is 12.7 Å². The number of nitrogens with one attached hydrogen (secondary N) is 1. The summed E-state index contributed by atoms with van der Waals surface area (Å²) in [6.45, 7) is 3.51. The van der Waals surface area contributed by atoms with Gasteiger partial charge in [0.05, 0.1) is 0 Å². The Morgan fingerprint density at radius 1 is 1.39 bits per heavy atom. The van der Waals surface area contributed by atoms with Crippen LogP contribution in [0.25, 0.3) is 0 Å². The number of halogens is 1. The number of aryl methyl sites for hydroxylation is 1. The minimum absolute atomic E-state index is 0.0573. The molecule has 96 valence electrons. The maximum Gasteiger partial charge on any atom is 0.250 e. The van der Waals surface area contributed by atoms with E-state index in [1.165, 1.54) is 17.0 Å². The Kier molecular flexibility index (Phi) is 3.32. The summed E-state index contributed by atoms with van der Waals surface area (Å²) in [5.41, 5.74) is 1.16. The van der Waals surface area contributed by atoms with Crippen molar-refractivity contribution >= 4 is 17.5 Å². The summed E-state index contributed by atoms with van der Waals surface area (Å²) in [7, 11) is 0. The minimum Gasteiger partial charge on any atom is -0.343 e. The highest BCUT2D eigenvalue weighted by Crippen LogP contribution is 2.21. The predicted molar refractivity (Wildman–Crippen MR) is 65.7 cm³/mol. The smallest absolute Gasteiger partial charge is 0.250 e. The number of anilines is 1. The molecule has 4 nitrogen and oxygen atoms in total. The van der Waals surface area contributed by atoms with Gasteiger partial charge in [0.25, 0.3) is 0 Å². The van der Waals surface area contributed by atoms with Crippen molar-refractivity contribution in [3.63, 3.8) is 0 Å². The fourth-order valence-corrected chi connectivity index (χ4v) is 2.08. The van der Waals surface area contributed by atoms with Crippen LogP contribution in [0.3, 0.4) is 0 Å². The second kappa shape index (κ2) is 4.76. The van der Waals surface area contributed by atoms with E-state index in [0.29, 0.717) is 12.1 Å². The number of amides is 2. The number of piperazine rings is 1. The molecule has 1 heterocycles. The van der Waals surface area contributed by atoms with Crippen molar-refractivity contribution in [2.24, 2.45) is 0 Å². The minimum atomic E-state index is -0.519. The molecule has 1 atom stereocenters. The lowest BCUT2D eigenvalue weighted by Gasteiger charge is -2.32. The van der Waals surface area contributed by atoms with Crippen LogP contribution >= 0.6 is 0 Å². The van der Waals surface area contributed by atoms with Gasteiger partial charge in [0.15, 0.2) is 0 Å². The molecule has 18 heavy (non-hydrogen) atoms. The average molecular weight is 250 g/mol. The molecule has 0 aromatic heterocycles. The van der Waals surface area contributed by atoms with Crippen molar-refractivity contribution in [2.45, 2.75) is 26.3 Å². The monoisotopic (exact) mass is 250 g/mol. The first kappa shape index (κ1) is 12.5. The number of rotatable bonds is 2. The van der Waals surface area contributed by atoms with E-state index in [-0.39, 0.29) is 18.4 Å². The Morgan fingerprint density at radius 2 is 2.11 bits per heavy atom. The summed E-state index contributed by atoms with van der Waals surface area (Å²) in [4.78, 5) is 25.0. The molecule has 1 aliphatic rings. The molecule has 0 saturated carbocycles. The molecule has 1 aromatic carbocycles. The first-order valence-corrected chi connectivity index (χ1v) is 5.89. The molecule has 2 rings (SSSR count). The van der Waals surface area contributed by atoms with Crippen molar-refractivity contribution in [3.8, 4) is 0 Å². The van der Waals surface area contributed by atoms with Gasteiger partial charge in [0.1, 0.15) is 18.4 Å². The van der Waals surface area contributed by atoms with E-state index < -0.39 is 11.9 Å². The van der Waals surface area contributed by atoms with Gasteiger partial charge in [-0.05, 0) is 37.1 Å². The zero-order valence-electron chi connectivity index (χ0n) is 10.4. The van der Waals surface area contributed by atoms with Gasteiger partial charge in [-0.15, -0.1) is 0 Å². The van der Waals surface area contributed by atoms with Gasteiger partial charge in [-0.3, -0.25) is 9.59 Å². The Morgan fingerprint density at radius 3 is 2.72 bits per heavy atom. The molecule has 0 bridgehead atoms. The fourth-order valence-electron chi connectivity index (χ4n) is 2.08. The number of benzene rings is 1. The summed E-state index contributed by atoms with van der Waals surface area (Å²) in [6, 6.07) is 3.84. The van der Waals surface area contributed by atoms with E-state index in [2.05, 4.69) is 5.32 Å². The van der Waals surface area contributed by atoms with E-state index in [1.54, 1.807) is 13.0 Å². The topological polar surface area (TPSA) is 49.4 Å². The molecule has 1 unspecified atom stereocenters. The molecule has 1 fully saturated rings. The zero-order chi connectivity index (χ0) is 13.3. The molecule has 1 N–H and O–H groups in total. The zero-order valence-corrected chi connectivity index (χ0v) is 10.4. The van der Waals surface area contributed by atoms with E-state index in [4.69, 9.17) is 0 Å². The summed E-state index contributed by atoms with van der Waals surface area (Å²) in [5.74, 6) is -0.817. The second-order valence-electron chi connectivity index (χ2n) is 4.44. The quantitative estimate of drug-likeness (QED) is 0.862. The average Bonchev–Trinajstić information content (AvgIpc) is 2.30. The Labute approximate surface area is 105 Å². The van der Waals surface area contributed by atoms with Gasteiger partial charge in [-0.25, -0.2) is 4.39 Å². The fraction of sp³-hybridized carbons (Fsp3) is 0.385. The first-order valence-electron chi connectivity index (χ1n) is 5.89. The van der Waals surface area contributed by atoms with E-state index >= 15 is 0 Å². The number of hydrogen-bond acceptors (Lipinski definition) is 2. The van der Waals surface area contributed by atoms with E-state index in [0.717, 1.165) is 5.56 Å². The highest BCUT2D eigenvalue weighted by molar-refractivity contribution is 6.06. The molecular weight excluding hydrogens is 235 g/mol. The summed E-state index contributed by atoms with van der Waals surface area (Å²) in [6.07, 6.45) is 0.523. The third-order valence-corrected chi connectivity index (χ3v) is 2.95. The Bertz CT molecular complexity index is 482. The van der Waals surface area contributed by atoms with Crippen LogP contribution in [0.4, 0.5) is 10.1 Å². The van der Waals surface area contributed by atoms with E-state index in [1.807, 2.05) is 6.92 Å². The standard InChI is InChI=1S/C13H15FN2O2/c1-3-11-13(18)16(7-12(17)15-11)10-5-8(2)4-9(14)6-10/h4-6,11H,3,7H2,1-2H3,(H,15,17). The maximum atomic E-state index is 13.3. The molecule has 0 aliphatic carbocycles. The Hall–Kier alpha value is -1.91. The normalized spacial score (nSPS) is 19.9. The molecule has 1 saturated heterocycles. The molecule has 2 amide bonds. The van der Waals surface area contributed by atoms with Gasteiger partial charge in [0.2, 0.25) is 11.8 Å². The second-order valence-corrected chi connectivity index (χ2v) is 4.44. The largest absolute Gasteiger partial charge is 0.343 e. The van der Waals surface area contributed by atoms with Crippen LogP contribution in [0.1, 0.15) is 18.9 Å². The molecule has 0 spiro atoms. The van der Waals surface area contributed by atoms with Crippen molar-refractivity contribution in [3.05, 3.63) is 29.6 Å². The summed E-state index contributed by atoms with van der Waals surface area (Å²) < 4.78 is 13.3. The van der Waals surface area contributed by atoms with Gasteiger partial charge in [-0.2, -0.15) is 0 Å². The van der Waals surface area contributed by atoms with Crippen LogP contribution in [0.15, 0.2) is 18.2 Å². The van der Waals surface area contributed by atoms with Gasteiger partial charge in [0, 0.05) is 5.69 Å². The van der Waals surface area contributed by atoms with Gasteiger partial charge in [-0.1, -0.05) is 6.92 Å². The number of carbonyl (C=O) groups is 2. The van der Waals surface area contributed by atoms with Crippen LogP contribution in [-0.4, -0.2) is 24.4 Å². The van der Waals surface area contributed by atoms with Crippen molar-refractivity contribution in [1.82, 2.24) is 5.32 Å². The van der Waals surface area contributed by atoms with Crippen LogP contribution < -0.4 is 10.2 Å². The molecular formula is C13H15FN2O2. The Balaban J connectivity index is 2.35. The lowest BCUT2D eigenvalue weighted by Crippen LogP contribution is -2.58. The van der Waals surface area contributed by atoms with Gasteiger partial charge >= 0.3 is 0 Å². The van der Waals surface area contributed by atoms with Crippen molar-refractivity contribution in [1.29, 1.82) is 0 Å². The SMILES string of the molecule is CCC1NC(=O)CN(c2cc(C)cc(F)c2)C1=O. The summed E-state index contributed by atoms with van der Waals surface area (Å²) >= 11 is 0. The van der Waals surface area contributed by atoms with Crippen molar-refractivity contribution in [2.75, 3.05) is 11.4 Å². The van der Waals surface area contributed by atoms with Gasteiger partial charge < -0.3 is 10.2 Å². The third-order valence-electron chi connectivity index (χ3n) is 2.95. The maximum absolute atomic E-state index is 13.3. The molecule has 1 aliphatic heterocycles. The predicted octanol–water partition coefficient (Wildman–Crippen LogP) is 1.38. The number of nitrogens with zero attached hydrogens (tertiary/aromatic N) is 1. The van der Waals surface area contributed by atoms with Crippen LogP contribution in [-0.2, 0) is 9.59 Å². The lowest BCUT2D eigenvalue weighted by atomic mass is 10.1. The molecule has 5 heteroatoms. The molecule has 0 radical (unpaired) electrons. The summed E-state index contributed by atoms with van der Waals surface area (Å²) in [5, 5.41) is 2.62. The number of carbonyl (C=O) groups excluding carboxylic acids is 2. The van der Waals surface area contributed by atoms with E-state index in [9.17, 15) is 14.0 Å². The highest BCUT2D eigenvalue weighted by Gasteiger charge is 2.32. The lowest BCUT2D eigenvalue weighted by molar-refractivity contribution is -0.131. The van der Waals surface area contributed by atoms with Crippen LogP contribution in [0.2, 0.25) is 0 Å². The molecule has 1 aromatic rings. The van der Waals surface area contributed by atoms with Crippen molar-refractivity contribution < 1.29 is 14.0 Å². The number of hydrogen-bond donors (Lipinski definition) is 1. The third kappa shape index (κ3) is 2.34.